The third-order valence-electron chi connectivity index (χ3n) is 4.29. The molecule has 1 atom stereocenters. The molecule has 1 amide bonds. The van der Waals surface area contributed by atoms with E-state index in [2.05, 4.69) is 15.7 Å². The van der Waals surface area contributed by atoms with Gasteiger partial charge in [0, 0.05) is 18.4 Å². The summed E-state index contributed by atoms with van der Waals surface area (Å²) in [5.41, 5.74) is -0.375. The van der Waals surface area contributed by atoms with Gasteiger partial charge in [-0.1, -0.05) is 6.07 Å². The van der Waals surface area contributed by atoms with Gasteiger partial charge in [0.2, 0.25) is 0 Å². The minimum Gasteiger partial charge on any atom is -0.321 e. The Morgan fingerprint density at radius 2 is 2.16 bits per heavy atom. The molecule has 0 radical (unpaired) electrons. The minimum absolute atomic E-state index is 0.0943. The number of nitrogens with one attached hydrogen (secondary N) is 2. The van der Waals surface area contributed by atoms with E-state index in [9.17, 15) is 18.0 Å². The van der Waals surface area contributed by atoms with Gasteiger partial charge in [0.05, 0.1) is 11.6 Å². The fourth-order valence-electron chi connectivity index (χ4n) is 2.92. The lowest BCUT2D eigenvalue weighted by Crippen LogP contribution is -2.32. The van der Waals surface area contributed by atoms with Crippen LogP contribution < -0.4 is 10.6 Å². The van der Waals surface area contributed by atoms with Crippen molar-refractivity contribution in [1.82, 2.24) is 15.1 Å². The van der Waals surface area contributed by atoms with Gasteiger partial charge in [-0.3, -0.25) is 9.48 Å². The lowest BCUT2D eigenvalue weighted by Gasteiger charge is -2.22. The maximum absolute atomic E-state index is 13.0. The lowest BCUT2D eigenvalue weighted by atomic mass is 10.1. The Balaban J connectivity index is 1.73. The highest BCUT2D eigenvalue weighted by Crippen LogP contribution is 2.33. The topological polar surface area (TPSA) is 59.0 Å². The van der Waals surface area contributed by atoms with Crippen LogP contribution >= 0.6 is 0 Å². The van der Waals surface area contributed by atoms with Gasteiger partial charge in [0.1, 0.15) is 0 Å². The Morgan fingerprint density at radius 1 is 1.36 bits per heavy atom. The molecule has 134 valence electrons. The maximum atomic E-state index is 13.0. The Bertz CT molecular complexity index is 763. The Hall–Kier alpha value is -2.35. The second-order valence-corrected chi connectivity index (χ2v) is 6.16. The first-order chi connectivity index (χ1) is 11.8. The third kappa shape index (κ3) is 4.01. The molecule has 1 fully saturated rings. The standard InChI is InChI=1S/C17H19F3N4O/c1-11-4-5-12(9-14(11)17(18,19)20)22-16(25)15-6-8-24(23-15)13-3-2-7-21-10-13/h4-6,8-9,13,21H,2-3,7,10H2,1H3,(H,22,25). The first kappa shape index (κ1) is 17.5. The Kier molecular flexibility index (Phi) is 4.80. The summed E-state index contributed by atoms with van der Waals surface area (Å²) in [5, 5.41) is 10.0. The molecular formula is C17H19F3N4O. The number of piperidine rings is 1. The highest BCUT2D eigenvalue weighted by molar-refractivity contribution is 6.02. The van der Waals surface area contributed by atoms with E-state index in [1.165, 1.54) is 19.1 Å². The Morgan fingerprint density at radius 3 is 2.84 bits per heavy atom. The molecule has 2 heterocycles. The van der Waals surface area contributed by atoms with Crippen LogP contribution in [0.3, 0.4) is 0 Å². The largest absolute Gasteiger partial charge is 0.416 e. The van der Waals surface area contributed by atoms with Crippen molar-refractivity contribution in [2.75, 3.05) is 18.4 Å². The second kappa shape index (κ2) is 6.87. The number of benzene rings is 1. The van der Waals surface area contributed by atoms with Gasteiger partial charge in [-0.15, -0.1) is 0 Å². The summed E-state index contributed by atoms with van der Waals surface area (Å²) < 4.78 is 40.6. The molecule has 1 unspecified atom stereocenters. The molecule has 8 heteroatoms. The maximum Gasteiger partial charge on any atom is 0.416 e. The summed E-state index contributed by atoms with van der Waals surface area (Å²) >= 11 is 0. The van der Waals surface area contributed by atoms with Crippen LogP contribution in [0.25, 0.3) is 0 Å². The van der Waals surface area contributed by atoms with Gasteiger partial charge in [-0.2, -0.15) is 18.3 Å². The number of rotatable bonds is 3. The average Bonchev–Trinajstić information content (AvgIpc) is 3.06. The summed E-state index contributed by atoms with van der Waals surface area (Å²) in [7, 11) is 0. The number of aromatic nitrogens is 2. The van der Waals surface area contributed by atoms with Crippen LogP contribution in [0.4, 0.5) is 18.9 Å². The van der Waals surface area contributed by atoms with Gasteiger partial charge in [0.25, 0.3) is 5.91 Å². The molecule has 1 aliphatic rings. The number of carbonyl (C=O) groups excluding carboxylic acids is 1. The van der Waals surface area contributed by atoms with Crippen molar-refractivity contribution < 1.29 is 18.0 Å². The summed E-state index contributed by atoms with van der Waals surface area (Å²) in [6.07, 6.45) is -0.721. The normalized spacial score (nSPS) is 18.2. The molecule has 1 aromatic carbocycles. The SMILES string of the molecule is Cc1ccc(NC(=O)c2ccn(C3CCCNC3)n2)cc1C(F)(F)F. The van der Waals surface area contributed by atoms with Crippen molar-refractivity contribution in [3.05, 3.63) is 47.3 Å². The molecule has 2 N–H and O–H groups in total. The predicted molar refractivity (Wildman–Crippen MR) is 87.5 cm³/mol. The number of hydrogen-bond acceptors (Lipinski definition) is 3. The highest BCUT2D eigenvalue weighted by atomic mass is 19.4. The van der Waals surface area contributed by atoms with Crippen molar-refractivity contribution in [2.24, 2.45) is 0 Å². The molecule has 25 heavy (non-hydrogen) atoms. The molecule has 0 saturated carbocycles. The van der Waals surface area contributed by atoms with Crippen molar-refractivity contribution >= 4 is 11.6 Å². The van der Waals surface area contributed by atoms with Gasteiger partial charge in [0.15, 0.2) is 5.69 Å². The number of halogens is 3. The highest BCUT2D eigenvalue weighted by Gasteiger charge is 2.32. The Labute approximate surface area is 143 Å². The average molecular weight is 352 g/mol. The second-order valence-electron chi connectivity index (χ2n) is 6.16. The number of alkyl halides is 3. The quantitative estimate of drug-likeness (QED) is 0.890. The first-order valence-corrected chi connectivity index (χ1v) is 8.09. The first-order valence-electron chi connectivity index (χ1n) is 8.09. The number of anilines is 1. The predicted octanol–water partition coefficient (Wildman–Crippen LogP) is 3.39. The molecule has 1 aromatic heterocycles. The van der Waals surface area contributed by atoms with Gasteiger partial charge < -0.3 is 10.6 Å². The number of nitrogens with zero attached hydrogens (tertiary/aromatic N) is 2. The van der Waals surface area contributed by atoms with E-state index in [-0.39, 0.29) is 23.0 Å². The number of aryl methyl sites for hydroxylation is 1. The molecule has 2 aromatic rings. The molecule has 1 aliphatic heterocycles. The number of amides is 1. The van der Waals surface area contributed by atoms with Crippen LogP contribution in [0.2, 0.25) is 0 Å². The number of carbonyl (C=O) groups is 1. The molecule has 5 nitrogen and oxygen atoms in total. The molecule has 3 rings (SSSR count). The third-order valence-corrected chi connectivity index (χ3v) is 4.29. The van der Waals surface area contributed by atoms with E-state index in [1.807, 2.05) is 0 Å². The van der Waals surface area contributed by atoms with Crippen LogP contribution in [0.5, 0.6) is 0 Å². The van der Waals surface area contributed by atoms with Crippen LogP contribution in [0, 0.1) is 6.92 Å². The van der Waals surface area contributed by atoms with Crippen LogP contribution in [0.15, 0.2) is 30.5 Å². The van der Waals surface area contributed by atoms with Crippen LogP contribution in [0.1, 0.15) is 40.5 Å². The molecule has 1 saturated heterocycles. The fraction of sp³-hybridized carbons (Fsp3) is 0.412. The van der Waals surface area contributed by atoms with E-state index >= 15 is 0 Å². The molecule has 0 bridgehead atoms. The van der Waals surface area contributed by atoms with E-state index in [1.54, 1.807) is 16.9 Å². The summed E-state index contributed by atoms with van der Waals surface area (Å²) in [6, 6.07) is 5.49. The van der Waals surface area contributed by atoms with Crippen molar-refractivity contribution in [1.29, 1.82) is 0 Å². The zero-order valence-corrected chi connectivity index (χ0v) is 13.7. The van der Waals surface area contributed by atoms with Gasteiger partial charge in [-0.25, -0.2) is 0 Å². The minimum atomic E-state index is -4.46. The smallest absolute Gasteiger partial charge is 0.321 e. The van der Waals surface area contributed by atoms with E-state index in [0.717, 1.165) is 32.0 Å². The zero-order chi connectivity index (χ0) is 18.0. The van der Waals surface area contributed by atoms with Crippen molar-refractivity contribution in [2.45, 2.75) is 32.0 Å². The van der Waals surface area contributed by atoms with E-state index < -0.39 is 17.6 Å². The van der Waals surface area contributed by atoms with Crippen LogP contribution in [-0.2, 0) is 6.18 Å². The molecular weight excluding hydrogens is 333 g/mol. The molecule has 0 spiro atoms. The lowest BCUT2D eigenvalue weighted by molar-refractivity contribution is -0.138. The van der Waals surface area contributed by atoms with E-state index in [4.69, 9.17) is 0 Å². The summed E-state index contributed by atoms with van der Waals surface area (Å²) in [6.45, 7) is 3.14. The zero-order valence-electron chi connectivity index (χ0n) is 13.7. The summed E-state index contributed by atoms with van der Waals surface area (Å²) in [5.74, 6) is -0.528. The van der Waals surface area contributed by atoms with Crippen molar-refractivity contribution in [3.8, 4) is 0 Å². The molecule has 0 aliphatic carbocycles. The number of hydrogen-bond donors (Lipinski definition) is 2. The van der Waals surface area contributed by atoms with E-state index in [0.29, 0.717) is 0 Å². The van der Waals surface area contributed by atoms with Crippen molar-refractivity contribution in [3.63, 3.8) is 0 Å². The van der Waals surface area contributed by atoms with Gasteiger partial charge >= 0.3 is 6.18 Å². The monoisotopic (exact) mass is 352 g/mol. The van der Waals surface area contributed by atoms with Crippen LogP contribution in [-0.4, -0.2) is 28.8 Å². The summed E-state index contributed by atoms with van der Waals surface area (Å²) in [4.78, 5) is 12.3. The fourth-order valence-corrected chi connectivity index (χ4v) is 2.92. The van der Waals surface area contributed by atoms with Gasteiger partial charge in [-0.05, 0) is 50.1 Å².